The maximum absolute atomic E-state index is 10.7. The molecule has 0 saturated carbocycles. The number of aromatic hydroxyl groups is 1. The van der Waals surface area contributed by atoms with Crippen LogP contribution in [0.15, 0.2) is 18.2 Å². The zero-order chi connectivity index (χ0) is 11.4. The molecule has 0 aliphatic heterocycles. The van der Waals surface area contributed by atoms with Crippen LogP contribution in [-0.4, -0.2) is 41.7 Å². The number of benzene rings is 1. The van der Waals surface area contributed by atoms with Gasteiger partial charge in [-0.1, -0.05) is 12.1 Å². The molecule has 0 bridgehead atoms. The van der Waals surface area contributed by atoms with Crippen molar-refractivity contribution in [2.75, 3.05) is 20.6 Å². The fourth-order valence-electron chi connectivity index (χ4n) is 1.31. The highest BCUT2D eigenvalue weighted by Crippen LogP contribution is 2.22. The average molecular weight is 209 g/mol. The Hall–Kier alpha value is -1.55. The summed E-state index contributed by atoms with van der Waals surface area (Å²) in [6, 6.07) is 4.79. The summed E-state index contributed by atoms with van der Waals surface area (Å²) in [5, 5.41) is 18.5. The maximum Gasteiger partial charge on any atom is 0.339 e. The summed E-state index contributed by atoms with van der Waals surface area (Å²) in [5.74, 6) is -1.22. The van der Waals surface area contributed by atoms with Crippen LogP contribution in [0.5, 0.6) is 5.75 Å². The molecule has 4 heteroatoms. The predicted molar refractivity (Wildman–Crippen MR) is 57.3 cm³/mol. The summed E-state index contributed by atoms with van der Waals surface area (Å²) >= 11 is 0. The molecule has 0 aliphatic carbocycles. The van der Waals surface area contributed by atoms with Crippen LogP contribution in [0.25, 0.3) is 0 Å². The summed E-state index contributed by atoms with van der Waals surface area (Å²) in [6.07, 6.45) is 0.639. The molecule has 1 rings (SSSR count). The fourth-order valence-corrected chi connectivity index (χ4v) is 1.31. The lowest BCUT2D eigenvalue weighted by Crippen LogP contribution is -2.15. The van der Waals surface area contributed by atoms with Gasteiger partial charge >= 0.3 is 5.97 Å². The minimum absolute atomic E-state index is 0.0359. The van der Waals surface area contributed by atoms with Gasteiger partial charge in [0.2, 0.25) is 0 Å². The van der Waals surface area contributed by atoms with Gasteiger partial charge in [0.1, 0.15) is 11.3 Å². The Morgan fingerprint density at radius 2 is 2.07 bits per heavy atom. The third-order valence-electron chi connectivity index (χ3n) is 2.18. The molecule has 2 N–H and O–H groups in total. The van der Waals surface area contributed by atoms with E-state index in [4.69, 9.17) is 5.11 Å². The number of likely N-dealkylation sites (N-methyl/N-ethyl adjacent to an activating group) is 1. The van der Waals surface area contributed by atoms with E-state index in [0.717, 1.165) is 6.54 Å². The number of hydrogen-bond donors (Lipinski definition) is 2. The molecule has 0 radical (unpaired) electrons. The van der Waals surface area contributed by atoms with Crippen molar-refractivity contribution in [1.82, 2.24) is 4.90 Å². The van der Waals surface area contributed by atoms with E-state index >= 15 is 0 Å². The van der Waals surface area contributed by atoms with Crippen LogP contribution in [0.3, 0.4) is 0 Å². The van der Waals surface area contributed by atoms with E-state index in [1.54, 1.807) is 12.1 Å². The number of aromatic carboxylic acids is 1. The van der Waals surface area contributed by atoms with Gasteiger partial charge in [0.05, 0.1) is 0 Å². The SMILES string of the molecule is CN(C)CCc1cccc(C(=O)O)c1O. The van der Waals surface area contributed by atoms with Gasteiger partial charge < -0.3 is 15.1 Å². The van der Waals surface area contributed by atoms with Crippen LogP contribution in [-0.2, 0) is 6.42 Å². The number of para-hydroxylation sites is 1. The number of hydrogen-bond acceptors (Lipinski definition) is 3. The molecule has 82 valence electrons. The second-order valence-electron chi connectivity index (χ2n) is 3.67. The van der Waals surface area contributed by atoms with Gasteiger partial charge in [0.15, 0.2) is 0 Å². The Morgan fingerprint density at radius 1 is 1.40 bits per heavy atom. The number of carbonyl (C=O) groups is 1. The highest BCUT2D eigenvalue weighted by Gasteiger charge is 2.12. The summed E-state index contributed by atoms with van der Waals surface area (Å²) in [4.78, 5) is 12.7. The molecule has 0 fully saturated rings. The highest BCUT2D eigenvalue weighted by molar-refractivity contribution is 5.91. The minimum Gasteiger partial charge on any atom is -0.507 e. The second kappa shape index (κ2) is 4.79. The molecule has 4 nitrogen and oxygen atoms in total. The van der Waals surface area contributed by atoms with Crippen molar-refractivity contribution in [3.63, 3.8) is 0 Å². The van der Waals surface area contributed by atoms with Crippen molar-refractivity contribution in [1.29, 1.82) is 0 Å². The average Bonchev–Trinajstić information content (AvgIpc) is 2.15. The van der Waals surface area contributed by atoms with Crippen LogP contribution >= 0.6 is 0 Å². The summed E-state index contributed by atoms with van der Waals surface area (Å²) < 4.78 is 0. The Kier molecular flexibility index (Phi) is 3.68. The highest BCUT2D eigenvalue weighted by atomic mass is 16.4. The van der Waals surface area contributed by atoms with E-state index in [9.17, 15) is 9.90 Å². The summed E-state index contributed by atoms with van der Waals surface area (Å²) in [6.45, 7) is 0.774. The number of nitrogens with zero attached hydrogens (tertiary/aromatic N) is 1. The van der Waals surface area contributed by atoms with E-state index in [0.29, 0.717) is 12.0 Å². The number of phenols is 1. The van der Waals surface area contributed by atoms with Gasteiger partial charge in [-0.3, -0.25) is 0 Å². The zero-order valence-electron chi connectivity index (χ0n) is 8.90. The van der Waals surface area contributed by atoms with E-state index in [-0.39, 0.29) is 11.3 Å². The molecular weight excluding hydrogens is 194 g/mol. The molecule has 15 heavy (non-hydrogen) atoms. The quantitative estimate of drug-likeness (QED) is 0.782. The molecule has 0 aromatic heterocycles. The van der Waals surface area contributed by atoms with Crippen molar-refractivity contribution in [2.24, 2.45) is 0 Å². The first kappa shape index (κ1) is 11.5. The molecule has 0 atom stereocenters. The Bertz CT molecular complexity index is 361. The van der Waals surface area contributed by atoms with Crippen LogP contribution in [0, 0.1) is 0 Å². The maximum atomic E-state index is 10.7. The van der Waals surface area contributed by atoms with Crippen molar-refractivity contribution >= 4 is 5.97 Å². The van der Waals surface area contributed by atoms with Crippen LogP contribution in [0.4, 0.5) is 0 Å². The zero-order valence-corrected chi connectivity index (χ0v) is 8.90. The van der Waals surface area contributed by atoms with E-state index in [2.05, 4.69) is 0 Å². The van der Waals surface area contributed by atoms with Gasteiger partial charge in [-0.2, -0.15) is 0 Å². The lowest BCUT2D eigenvalue weighted by atomic mass is 10.1. The fraction of sp³-hybridized carbons (Fsp3) is 0.364. The largest absolute Gasteiger partial charge is 0.507 e. The van der Waals surface area contributed by atoms with E-state index in [1.165, 1.54) is 6.07 Å². The summed E-state index contributed by atoms with van der Waals surface area (Å²) in [5.41, 5.74) is 0.634. The number of rotatable bonds is 4. The van der Waals surface area contributed by atoms with Gasteiger partial charge in [0.25, 0.3) is 0 Å². The van der Waals surface area contributed by atoms with E-state index < -0.39 is 5.97 Å². The second-order valence-corrected chi connectivity index (χ2v) is 3.67. The Balaban J connectivity index is 2.89. The molecule has 0 amide bonds. The molecule has 0 saturated heterocycles. The Labute approximate surface area is 88.8 Å². The predicted octanol–water partition coefficient (Wildman–Crippen LogP) is 1.19. The van der Waals surface area contributed by atoms with Gasteiger partial charge in [0, 0.05) is 6.54 Å². The van der Waals surface area contributed by atoms with Crippen molar-refractivity contribution < 1.29 is 15.0 Å². The number of carboxylic acid groups (broad SMARTS) is 1. The topological polar surface area (TPSA) is 60.8 Å². The van der Waals surface area contributed by atoms with Crippen LogP contribution < -0.4 is 0 Å². The van der Waals surface area contributed by atoms with Crippen LogP contribution in [0.1, 0.15) is 15.9 Å². The lowest BCUT2D eigenvalue weighted by molar-refractivity contribution is 0.0693. The first-order valence-corrected chi connectivity index (χ1v) is 4.71. The lowest BCUT2D eigenvalue weighted by Gasteiger charge is -2.11. The molecule has 1 aromatic carbocycles. The molecule has 0 spiro atoms. The van der Waals surface area contributed by atoms with Gasteiger partial charge in [-0.05, 0) is 32.1 Å². The molecular formula is C11H15NO3. The first-order valence-electron chi connectivity index (χ1n) is 4.71. The third-order valence-corrected chi connectivity index (χ3v) is 2.18. The van der Waals surface area contributed by atoms with Crippen molar-refractivity contribution in [3.8, 4) is 5.75 Å². The molecule has 0 aliphatic rings. The van der Waals surface area contributed by atoms with Gasteiger partial charge in [-0.15, -0.1) is 0 Å². The van der Waals surface area contributed by atoms with Crippen molar-refractivity contribution in [2.45, 2.75) is 6.42 Å². The molecule has 0 unspecified atom stereocenters. The van der Waals surface area contributed by atoms with E-state index in [1.807, 2.05) is 19.0 Å². The first-order chi connectivity index (χ1) is 7.02. The normalized spacial score (nSPS) is 10.6. The third kappa shape index (κ3) is 2.95. The molecule has 1 aromatic rings. The smallest absolute Gasteiger partial charge is 0.339 e. The molecule has 0 heterocycles. The van der Waals surface area contributed by atoms with Crippen molar-refractivity contribution in [3.05, 3.63) is 29.3 Å². The van der Waals surface area contributed by atoms with Crippen LogP contribution in [0.2, 0.25) is 0 Å². The summed E-state index contributed by atoms with van der Waals surface area (Å²) in [7, 11) is 3.86. The number of carboxylic acids is 1. The standard InChI is InChI=1S/C11H15NO3/c1-12(2)7-6-8-4-3-5-9(10(8)13)11(14)15/h3-5,13H,6-7H2,1-2H3,(H,14,15). The monoisotopic (exact) mass is 209 g/mol. The Morgan fingerprint density at radius 3 is 2.60 bits per heavy atom. The van der Waals surface area contributed by atoms with Gasteiger partial charge in [-0.25, -0.2) is 4.79 Å². The minimum atomic E-state index is -1.10.